The number of benzene rings is 1. The highest BCUT2D eigenvalue weighted by atomic mass is 19.1. The summed E-state index contributed by atoms with van der Waals surface area (Å²) in [7, 11) is 0. The minimum atomic E-state index is -1.44. The topological polar surface area (TPSA) is 57.5 Å². The summed E-state index contributed by atoms with van der Waals surface area (Å²) >= 11 is 0. The molecule has 0 unspecified atom stereocenters. The smallest absolute Gasteiger partial charge is 0.313 e. The van der Waals surface area contributed by atoms with Crippen molar-refractivity contribution in [2.45, 2.75) is 19.3 Å². The molecule has 4 heteroatoms. The molecule has 0 aliphatic carbocycles. The van der Waals surface area contributed by atoms with Gasteiger partial charge in [0.1, 0.15) is 11.6 Å². The Bertz CT molecular complexity index is 351. The lowest BCUT2D eigenvalue weighted by Gasteiger charge is -2.21. The molecule has 76 valence electrons. The van der Waals surface area contributed by atoms with Crippen molar-refractivity contribution < 1.29 is 19.4 Å². The van der Waals surface area contributed by atoms with E-state index >= 15 is 0 Å². The van der Waals surface area contributed by atoms with Gasteiger partial charge in [0.2, 0.25) is 0 Å². The maximum absolute atomic E-state index is 13.3. The zero-order valence-corrected chi connectivity index (χ0v) is 7.91. The second-order valence-electron chi connectivity index (χ2n) is 3.56. The SMILES string of the molecule is CC(C)(C(=O)O)c1c(O)cccc1F. The van der Waals surface area contributed by atoms with Gasteiger partial charge in [-0.15, -0.1) is 0 Å². The van der Waals surface area contributed by atoms with E-state index in [1.54, 1.807) is 0 Å². The molecule has 14 heavy (non-hydrogen) atoms. The van der Waals surface area contributed by atoms with E-state index in [4.69, 9.17) is 5.11 Å². The first kappa shape index (κ1) is 10.5. The van der Waals surface area contributed by atoms with E-state index in [1.165, 1.54) is 26.0 Å². The molecule has 0 aliphatic rings. The Balaban J connectivity index is 3.38. The van der Waals surface area contributed by atoms with Gasteiger partial charge in [-0.1, -0.05) is 6.07 Å². The first-order chi connectivity index (χ1) is 6.37. The Morgan fingerprint density at radius 2 is 2.00 bits per heavy atom. The van der Waals surface area contributed by atoms with Crippen LogP contribution in [0.15, 0.2) is 18.2 Å². The van der Waals surface area contributed by atoms with Crippen LogP contribution in [0.4, 0.5) is 4.39 Å². The lowest BCUT2D eigenvalue weighted by atomic mass is 9.84. The van der Waals surface area contributed by atoms with Crippen molar-refractivity contribution >= 4 is 5.97 Å². The zero-order valence-electron chi connectivity index (χ0n) is 7.91. The fourth-order valence-electron chi connectivity index (χ4n) is 1.24. The Hall–Kier alpha value is -1.58. The Labute approximate surface area is 80.8 Å². The molecule has 0 amide bonds. The van der Waals surface area contributed by atoms with Crippen molar-refractivity contribution in [3.05, 3.63) is 29.6 Å². The van der Waals surface area contributed by atoms with Crippen LogP contribution in [0, 0.1) is 5.82 Å². The van der Waals surface area contributed by atoms with Gasteiger partial charge in [-0.3, -0.25) is 4.79 Å². The molecule has 0 aliphatic heterocycles. The van der Waals surface area contributed by atoms with Crippen molar-refractivity contribution in [1.82, 2.24) is 0 Å². The van der Waals surface area contributed by atoms with Gasteiger partial charge in [0.05, 0.1) is 5.41 Å². The summed E-state index contributed by atoms with van der Waals surface area (Å²) in [5.41, 5.74) is -1.62. The van der Waals surface area contributed by atoms with Crippen LogP contribution in [0.25, 0.3) is 0 Å². The van der Waals surface area contributed by atoms with Crippen LogP contribution in [0.2, 0.25) is 0 Å². The maximum Gasteiger partial charge on any atom is 0.313 e. The lowest BCUT2D eigenvalue weighted by molar-refractivity contribution is -0.142. The molecule has 0 heterocycles. The summed E-state index contributed by atoms with van der Waals surface area (Å²) in [6, 6.07) is 3.72. The highest BCUT2D eigenvalue weighted by molar-refractivity contribution is 5.81. The predicted molar refractivity (Wildman–Crippen MR) is 48.7 cm³/mol. The van der Waals surface area contributed by atoms with Crippen LogP contribution in [0.1, 0.15) is 19.4 Å². The first-order valence-electron chi connectivity index (χ1n) is 4.08. The number of carboxylic acid groups (broad SMARTS) is 1. The maximum atomic E-state index is 13.3. The van der Waals surface area contributed by atoms with Crippen LogP contribution in [0.3, 0.4) is 0 Å². The number of phenols is 1. The van der Waals surface area contributed by atoms with Crippen LogP contribution in [0.5, 0.6) is 5.75 Å². The van der Waals surface area contributed by atoms with Gasteiger partial charge in [0, 0.05) is 5.56 Å². The Morgan fingerprint density at radius 1 is 1.43 bits per heavy atom. The van der Waals surface area contributed by atoms with Gasteiger partial charge in [-0.05, 0) is 26.0 Å². The summed E-state index contributed by atoms with van der Waals surface area (Å²) in [5.74, 6) is -2.23. The van der Waals surface area contributed by atoms with Crippen molar-refractivity contribution in [2.24, 2.45) is 0 Å². The van der Waals surface area contributed by atoms with Crippen molar-refractivity contribution in [3.63, 3.8) is 0 Å². The Kier molecular flexibility index (Phi) is 2.47. The van der Waals surface area contributed by atoms with Gasteiger partial charge in [0.15, 0.2) is 0 Å². The number of phenolic OH excluding ortho intramolecular Hbond substituents is 1. The zero-order chi connectivity index (χ0) is 10.9. The minimum absolute atomic E-state index is 0.187. The molecule has 1 rings (SSSR count). The molecule has 0 atom stereocenters. The quantitative estimate of drug-likeness (QED) is 0.762. The van der Waals surface area contributed by atoms with Crippen molar-refractivity contribution in [1.29, 1.82) is 0 Å². The molecule has 3 nitrogen and oxygen atoms in total. The van der Waals surface area contributed by atoms with E-state index in [2.05, 4.69) is 0 Å². The number of hydrogen-bond donors (Lipinski definition) is 2. The molecular formula is C10H11FO3. The molecule has 0 fully saturated rings. The fraction of sp³-hybridized carbons (Fsp3) is 0.300. The molecule has 0 spiro atoms. The molecular weight excluding hydrogens is 187 g/mol. The first-order valence-corrected chi connectivity index (χ1v) is 4.08. The van der Waals surface area contributed by atoms with E-state index in [9.17, 15) is 14.3 Å². The van der Waals surface area contributed by atoms with Crippen LogP contribution < -0.4 is 0 Å². The number of hydrogen-bond acceptors (Lipinski definition) is 2. The summed E-state index contributed by atoms with van der Waals surface area (Å²) in [6.07, 6.45) is 0. The minimum Gasteiger partial charge on any atom is -0.508 e. The van der Waals surface area contributed by atoms with E-state index in [1.807, 2.05) is 0 Å². The van der Waals surface area contributed by atoms with Gasteiger partial charge < -0.3 is 10.2 Å². The van der Waals surface area contributed by atoms with Gasteiger partial charge in [-0.2, -0.15) is 0 Å². The fourth-order valence-corrected chi connectivity index (χ4v) is 1.24. The van der Waals surface area contributed by atoms with Gasteiger partial charge >= 0.3 is 5.97 Å². The summed E-state index contributed by atoms with van der Waals surface area (Å²) in [4.78, 5) is 10.8. The number of aromatic hydroxyl groups is 1. The third-order valence-corrected chi connectivity index (χ3v) is 2.15. The number of aliphatic carboxylic acids is 1. The Morgan fingerprint density at radius 3 is 2.43 bits per heavy atom. The highest BCUT2D eigenvalue weighted by Gasteiger charge is 2.34. The molecule has 0 saturated carbocycles. The summed E-state index contributed by atoms with van der Waals surface area (Å²) < 4.78 is 13.3. The van der Waals surface area contributed by atoms with Crippen LogP contribution in [-0.2, 0) is 10.2 Å². The summed E-state index contributed by atoms with van der Waals surface area (Å²) in [6.45, 7) is 2.68. The standard InChI is InChI=1S/C10H11FO3/c1-10(2,9(13)14)8-6(11)4-3-5-7(8)12/h3-5,12H,1-2H3,(H,13,14). The average molecular weight is 198 g/mol. The van der Waals surface area contributed by atoms with Crippen LogP contribution in [-0.4, -0.2) is 16.2 Å². The molecule has 1 aromatic rings. The van der Waals surface area contributed by atoms with Crippen molar-refractivity contribution in [2.75, 3.05) is 0 Å². The van der Waals surface area contributed by atoms with Gasteiger partial charge in [-0.25, -0.2) is 4.39 Å². The van der Waals surface area contributed by atoms with E-state index in [0.717, 1.165) is 6.07 Å². The molecule has 1 aromatic carbocycles. The highest BCUT2D eigenvalue weighted by Crippen LogP contribution is 2.33. The normalized spacial score (nSPS) is 11.4. The summed E-state index contributed by atoms with van der Waals surface area (Å²) in [5, 5.41) is 18.2. The number of carbonyl (C=O) groups is 1. The predicted octanol–water partition coefficient (Wildman–Crippen LogP) is 1.89. The van der Waals surface area contributed by atoms with Crippen LogP contribution >= 0.6 is 0 Å². The molecule has 0 aromatic heterocycles. The largest absolute Gasteiger partial charge is 0.508 e. The molecule has 0 saturated heterocycles. The number of carboxylic acids is 1. The molecule has 2 N–H and O–H groups in total. The lowest BCUT2D eigenvalue weighted by Crippen LogP contribution is -2.29. The van der Waals surface area contributed by atoms with Gasteiger partial charge in [0.25, 0.3) is 0 Å². The van der Waals surface area contributed by atoms with E-state index in [0.29, 0.717) is 0 Å². The monoisotopic (exact) mass is 198 g/mol. The number of halogens is 1. The third kappa shape index (κ3) is 1.55. The van der Waals surface area contributed by atoms with Crippen molar-refractivity contribution in [3.8, 4) is 5.75 Å². The average Bonchev–Trinajstić information content (AvgIpc) is 2.02. The molecule has 0 bridgehead atoms. The second kappa shape index (κ2) is 3.29. The number of rotatable bonds is 2. The van der Waals surface area contributed by atoms with E-state index < -0.39 is 17.2 Å². The third-order valence-electron chi connectivity index (χ3n) is 2.15. The molecule has 0 radical (unpaired) electrons. The second-order valence-corrected chi connectivity index (χ2v) is 3.56. The van der Waals surface area contributed by atoms with E-state index in [-0.39, 0.29) is 11.3 Å².